The van der Waals surface area contributed by atoms with Crippen LogP contribution in [0.4, 0.5) is 0 Å². The fourth-order valence-corrected chi connectivity index (χ4v) is 3.04. The highest BCUT2D eigenvalue weighted by Gasteiger charge is 2.29. The van der Waals surface area contributed by atoms with Crippen LogP contribution < -0.4 is 5.73 Å². The van der Waals surface area contributed by atoms with Gasteiger partial charge in [-0.25, -0.2) is 0 Å². The van der Waals surface area contributed by atoms with E-state index in [1.54, 1.807) is 0 Å². The van der Waals surface area contributed by atoms with Gasteiger partial charge >= 0.3 is 0 Å². The second-order valence-electron chi connectivity index (χ2n) is 4.85. The molecule has 0 aromatic heterocycles. The van der Waals surface area contributed by atoms with E-state index in [0.717, 1.165) is 38.3 Å². The van der Waals surface area contributed by atoms with Crippen molar-refractivity contribution in [1.82, 2.24) is 4.90 Å². The molecule has 1 saturated heterocycles. The molecule has 0 radical (unpaired) electrons. The minimum atomic E-state index is 0.733. The van der Waals surface area contributed by atoms with Crippen molar-refractivity contribution in [3.05, 3.63) is 0 Å². The molecule has 2 N–H and O–H groups in total. The Bertz CT molecular complexity index is 178. The molecule has 2 unspecified atom stereocenters. The van der Waals surface area contributed by atoms with Crippen LogP contribution in [0.3, 0.4) is 0 Å². The van der Waals surface area contributed by atoms with Gasteiger partial charge in [0, 0.05) is 25.7 Å². The van der Waals surface area contributed by atoms with Crippen molar-refractivity contribution in [2.45, 2.75) is 38.1 Å². The van der Waals surface area contributed by atoms with Crippen LogP contribution in [0.25, 0.3) is 0 Å². The standard InChI is InChI=1S/C12H24N2O/c13-10-11-4-1-2-5-12(11)14-6-3-8-15-9-7-14/h11-12H,1-10,13H2. The molecule has 0 aromatic carbocycles. The molecule has 0 aromatic rings. The van der Waals surface area contributed by atoms with Gasteiger partial charge in [-0.3, -0.25) is 4.90 Å². The van der Waals surface area contributed by atoms with Crippen LogP contribution in [0.15, 0.2) is 0 Å². The van der Waals surface area contributed by atoms with Crippen molar-refractivity contribution < 1.29 is 4.74 Å². The molecule has 0 bridgehead atoms. The lowest BCUT2D eigenvalue weighted by Crippen LogP contribution is -2.46. The summed E-state index contributed by atoms with van der Waals surface area (Å²) in [5.41, 5.74) is 5.88. The maximum absolute atomic E-state index is 5.88. The summed E-state index contributed by atoms with van der Waals surface area (Å²) in [5.74, 6) is 0.733. The first kappa shape index (κ1) is 11.4. The lowest BCUT2D eigenvalue weighted by molar-refractivity contribution is 0.0939. The Labute approximate surface area is 93.0 Å². The van der Waals surface area contributed by atoms with E-state index >= 15 is 0 Å². The highest BCUT2D eigenvalue weighted by molar-refractivity contribution is 4.84. The topological polar surface area (TPSA) is 38.5 Å². The first-order valence-corrected chi connectivity index (χ1v) is 6.43. The van der Waals surface area contributed by atoms with E-state index in [9.17, 15) is 0 Å². The first-order valence-electron chi connectivity index (χ1n) is 6.43. The maximum atomic E-state index is 5.88. The molecule has 3 heteroatoms. The van der Waals surface area contributed by atoms with Crippen LogP contribution in [0.1, 0.15) is 32.1 Å². The van der Waals surface area contributed by atoms with Gasteiger partial charge in [0.05, 0.1) is 6.61 Å². The molecule has 15 heavy (non-hydrogen) atoms. The normalized spacial score (nSPS) is 35.0. The van der Waals surface area contributed by atoms with Crippen molar-refractivity contribution in [2.24, 2.45) is 11.7 Å². The zero-order valence-electron chi connectivity index (χ0n) is 9.66. The molecule has 0 amide bonds. The third-order valence-corrected chi connectivity index (χ3v) is 3.90. The zero-order chi connectivity index (χ0) is 10.5. The number of hydrogen-bond acceptors (Lipinski definition) is 3. The van der Waals surface area contributed by atoms with Crippen molar-refractivity contribution >= 4 is 0 Å². The van der Waals surface area contributed by atoms with Crippen LogP contribution in [-0.4, -0.2) is 43.8 Å². The van der Waals surface area contributed by atoms with Crippen LogP contribution in [-0.2, 0) is 4.74 Å². The van der Waals surface area contributed by atoms with E-state index in [2.05, 4.69) is 4.90 Å². The molecule has 1 heterocycles. The summed E-state index contributed by atoms with van der Waals surface area (Å²) in [6.45, 7) is 5.04. The second-order valence-corrected chi connectivity index (χ2v) is 4.85. The summed E-state index contributed by atoms with van der Waals surface area (Å²) in [4.78, 5) is 2.63. The third-order valence-electron chi connectivity index (χ3n) is 3.90. The summed E-state index contributed by atoms with van der Waals surface area (Å²) >= 11 is 0. The highest BCUT2D eigenvalue weighted by atomic mass is 16.5. The van der Waals surface area contributed by atoms with Gasteiger partial charge in [0.15, 0.2) is 0 Å². The predicted molar refractivity (Wildman–Crippen MR) is 61.8 cm³/mol. The molecule has 0 spiro atoms. The summed E-state index contributed by atoms with van der Waals surface area (Å²) in [6, 6.07) is 0.741. The minimum Gasteiger partial charge on any atom is -0.380 e. The van der Waals surface area contributed by atoms with Gasteiger partial charge in [0.25, 0.3) is 0 Å². The average Bonchev–Trinajstić information content (AvgIpc) is 2.57. The van der Waals surface area contributed by atoms with Gasteiger partial charge in [-0.2, -0.15) is 0 Å². The molecular formula is C12H24N2O. The molecule has 2 aliphatic rings. The smallest absolute Gasteiger partial charge is 0.0593 e. The molecule has 88 valence electrons. The molecule has 3 nitrogen and oxygen atoms in total. The van der Waals surface area contributed by atoms with E-state index in [-0.39, 0.29) is 0 Å². The van der Waals surface area contributed by atoms with Crippen LogP contribution in [0.2, 0.25) is 0 Å². The number of nitrogens with zero attached hydrogens (tertiary/aromatic N) is 1. The second kappa shape index (κ2) is 5.83. The van der Waals surface area contributed by atoms with E-state index in [1.165, 1.54) is 38.6 Å². The van der Waals surface area contributed by atoms with E-state index < -0.39 is 0 Å². The predicted octanol–water partition coefficient (Wildman–Crippen LogP) is 1.23. The van der Waals surface area contributed by atoms with Crippen LogP contribution >= 0.6 is 0 Å². The maximum Gasteiger partial charge on any atom is 0.0593 e. The van der Waals surface area contributed by atoms with Crippen LogP contribution in [0, 0.1) is 5.92 Å². The monoisotopic (exact) mass is 212 g/mol. The molecular weight excluding hydrogens is 188 g/mol. The number of ether oxygens (including phenoxy) is 1. The van der Waals surface area contributed by atoms with E-state index in [4.69, 9.17) is 10.5 Å². The number of rotatable bonds is 2. The van der Waals surface area contributed by atoms with Gasteiger partial charge in [0.2, 0.25) is 0 Å². The Hall–Kier alpha value is -0.120. The summed E-state index contributed by atoms with van der Waals surface area (Å²) in [7, 11) is 0. The summed E-state index contributed by atoms with van der Waals surface area (Å²) in [6.07, 6.45) is 6.63. The van der Waals surface area contributed by atoms with Crippen molar-refractivity contribution in [2.75, 3.05) is 32.8 Å². The van der Waals surface area contributed by atoms with Gasteiger partial charge in [-0.15, -0.1) is 0 Å². The van der Waals surface area contributed by atoms with E-state index in [0.29, 0.717) is 0 Å². The van der Waals surface area contributed by atoms with Crippen LogP contribution in [0.5, 0.6) is 0 Å². The van der Waals surface area contributed by atoms with Crippen molar-refractivity contribution in [1.29, 1.82) is 0 Å². The lowest BCUT2D eigenvalue weighted by Gasteiger charge is -2.39. The van der Waals surface area contributed by atoms with Gasteiger partial charge in [0.1, 0.15) is 0 Å². The number of hydrogen-bond donors (Lipinski definition) is 1. The van der Waals surface area contributed by atoms with Gasteiger partial charge < -0.3 is 10.5 Å². The van der Waals surface area contributed by atoms with E-state index in [1.807, 2.05) is 0 Å². The third kappa shape index (κ3) is 2.92. The molecule has 1 saturated carbocycles. The minimum absolute atomic E-state index is 0.733. The van der Waals surface area contributed by atoms with Gasteiger partial charge in [-0.1, -0.05) is 12.8 Å². The molecule has 2 atom stereocenters. The quantitative estimate of drug-likeness (QED) is 0.748. The van der Waals surface area contributed by atoms with Crippen molar-refractivity contribution in [3.63, 3.8) is 0 Å². The van der Waals surface area contributed by atoms with Gasteiger partial charge in [-0.05, 0) is 31.7 Å². The fourth-order valence-electron chi connectivity index (χ4n) is 3.04. The number of nitrogens with two attached hydrogens (primary N) is 1. The summed E-state index contributed by atoms with van der Waals surface area (Å²) < 4.78 is 5.51. The highest BCUT2D eigenvalue weighted by Crippen LogP contribution is 2.28. The molecule has 1 aliphatic heterocycles. The zero-order valence-corrected chi connectivity index (χ0v) is 9.66. The Morgan fingerprint density at radius 1 is 1.07 bits per heavy atom. The SMILES string of the molecule is NCC1CCCCC1N1CCCOCC1. The molecule has 2 fully saturated rings. The first-order chi connectivity index (χ1) is 7.42. The molecule has 2 rings (SSSR count). The average molecular weight is 212 g/mol. The Balaban J connectivity index is 1.92. The fraction of sp³-hybridized carbons (Fsp3) is 1.00. The largest absolute Gasteiger partial charge is 0.380 e. The summed E-state index contributed by atoms with van der Waals surface area (Å²) in [5, 5.41) is 0. The van der Waals surface area contributed by atoms with Crippen molar-refractivity contribution in [3.8, 4) is 0 Å². The molecule has 1 aliphatic carbocycles. The Morgan fingerprint density at radius 3 is 2.80 bits per heavy atom. The lowest BCUT2D eigenvalue weighted by atomic mass is 9.83. The Morgan fingerprint density at radius 2 is 1.93 bits per heavy atom. The Kier molecular flexibility index (Phi) is 4.42.